The third-order valence-electron chi connectivity index (χ3n) is 3.82. The molecule has 0 spiro atoms. The maximum Gasteiger partial charge on any atom is 0.237 e. The van der Waals surface area contributed by atoms with E-state index in [0.717, 1.165) is 40.7 Å². The fourth-order valence-corrected chi connectivity index (χ4v) is 2.55. The minimum Gasteiger partial charge on any atom is -0.276 e. The van der Waals surface area contributed by atoms with Crippen LogP contribution in [0.5, 0.6) is 0 Å². The zero-order chi connectivity index (χ0) is 17.5. The zero-order valence-corrected chi connectivity index (χ0v) is 13.5. The highest BCUT2D eigenvalue weighted by atomic mass is 15.3. The summed E-state index contributed by atoms with van der Waals surface area (Å²) in [6.07, 6.45) is 1.56. The fourth-order valence-electron chi connectivity index (χ4n) is 2.55. The van der Waals surface area contributed by atoms with E-state index in [-0.39, 0.29) is 5.71 Å². The number of aryl methyl sites for hydroxylation is 2. The molecule has 0 radical (unpaired) electrons. The van der Waals surface area contributed by atoms with Crippen molar-refractivity contribution in [3.8, 4) is 12.1 Å². The molecule has 1 N–H and O–H groups in total. The van der Waals surface area contributed by atoms with E-state index in [4.69, 9.17) is 10.5 Å². The minimum atomic E-state index is -0.203. The van der Waals surface area contributed by atoms with Crippen LogP contribution in [0.1, 0.15) is 11.3 Å². The number of anilines is 1. The van der Waals surface area contributed by atoms with E-state index in [2.05, 4.69) is 21.6 Å². The molecule has 5 heteroatoms. The number of nitrogens with one attached hydrogen (secondary N) is 1. The van der Waals surface area contributed by atoms with Gasteiger partial charge < -0.3 is 0 Å². The Bertz CT molecular complexity index is 992. The maximum absolute atomic E-state index is 8.76. The van der Waals surface area contributed by atoms with Crippen LogP contribution in [0.4, 0.5) is 5.69 Å². The topological polar surface area (TPSA) is 84.9 Å². The number of rotatable bonds is 5. The van der Waals surface area contributed by atoms with E-state index >= 15 is 0 Å². The number of fused-ring (bicyclic) bond motifs is 1. The van der Waals surface area contributed by atoms with E-state index < -0.39 is 0 Å². The summed E-state index contributed by atoms with van der Waals surface area (Å²) in [7, 11) is 0. The van der Waals surface area contributed by atoms with Crippen LogP contribution in [-0.4, -0.2) is 10.7 Å². The molecule has 1 heterocycles. The van der Waals surface area contributed by atoms with Crippen LogP contribution in [0.25, 0.3) is 10.9 Å². The molecule has 0 aliphatic carbocycles. The van der Waals surface area contributed by atoms with Gasteiger partial charge in [0.2, 0.25) is 5.71 Å². The quantitative estimate of drug-likeness (QED) is 0.570. The lowest BCUT2D eigenvalue weighted by Gasteiger charge is -2.09. The van der Waals surface area contributed by atoms with Gasteiger partial charge in [0.25, 0.3) is 0 Å². The molecule has 3 rings (SSSR count). The third kappa shape index (κ3) is 3.99. The van der Waals surface area contributed by atoms with Crippen molar-refractivity contribution in [2.75, 3.05) is 5.43 Å². The molecule has 2 aromatic carbocycles. The Balaban J connectivity index is 1.75. The van der Waals surface area contributed by atoms with Gasteiger partial charge >= 0.3 is 0 Å². The molecule has 120 valence electrons. The van der Waals surface area contributed by atoms with Gasteiger partial charge in [0.1, 0.15) is 12.1 Å². The van der Waals surface area contributed by atoms with Gasteiger partial charge in [-0.2, -0.15) is 15.6 Å². The molecule has 0 atom stereocenters. The molecule has 0 amide bonds. The molecule has 5 nitrogen and oxygen atoms in total. The molecule has 0 saturated heterocycles. The molecular weight excluding hydrogens is 310 g/mol. The third-order valence-corrected chi connectivity index (χ3v) is 3.82. The molecule has 0 bridgehead atoms. The first-order chi connectivity index (χ1) is 12.3. The van der Waals surface area contributed by atoms with Crippen LogP contribution >= 0.6 is 0 Å². The van der Waals surface area contributed by atoms with E-state index in [0.29, 0.717) is 0 Å². The first-order valence-corrected chi connectivity index (χ1v) is 7.86. The average molecular weight is 325 g/mol. The van der Waals surface area contributed by atoms with Gasteiger partial charge in [0, 0.05) is 11.1 Å². The molecule has 3 aromatic rings. The minimum absolute atomic E-state index is 0.203. The highest BCUT2D eigenvalue weighted by Crippen LogP contribution is 2.18. The second-order valence-corrected chi connectivity index (χ2v) is 5.45. The number of nitrogens with zero attached hydrogens (tertiary/aromatic N) is 4. The Morgan fingerprint density at radius 2 is 1.68 bits per heavy atom. The second kappa shape index (κ2) is 7.72. The van der Waals surface area contributed by atoms with Gasteiger partial charge in [0.05, 0.1) is 11.2 Å². The second-order valence-electron chi connectivity index (χ2n) is 5.45. The van der Waals surface area contributed by atoms with E-state index in [9.17, 15) is 0 Å². The number of hydrogen-bond acceptors (Lipinski definition) is 5. The van der Waals surface area contributed by atoms with E-state index in [1.165, 1.54) is 0 Å². The Kier molecular flexibility index (Phi) is 4.99. The van der Waals surface area contributed by atoms with Crippen molar-refractivity contribution in [3.63, 3.8) is 0 Å². The SMILES string of the molecule is N#CC(C#N)=NNc1ccccc1CCc1ccc2ccccc2n1. The summed E-state index contributed by atoms with van der Waals surface area (Å²) < 4.78 is 0. The number of benzene rings is 2. The fraction of sp³-hybridized carbons (Fsp3) is 0.100. The molecular formula is C20H15N5. The van der Waals surface area contributed by atoms with Gasteiger partial charge in [-0.1, -0.05) is 42.5 Å². The number of nitriles is 2. The Hall–Kier alpha value is -3.70. The highest BCUT2D eigenvalue weighted by molar-refractivity contribution is 6.10. The van der Waals surface area contributed by atoms with Crippen LogP contribution in [0.2, 0.25) is 0 Å². The summed E-state index contributed by atoms with van der Waals surface area (Å²) in [6.45, 7) is 0. The van der Waals surface area contributed by atoms with Crippen molar-refractivity contribution < 1.29 is 0 Å². The molecule has 0 unspecified atom stereocenters. The normalized spacial score (nSPS) is 9.84. The number of pyridine rings is 1. The van der Waals surface area contributed by atoms with Crippen molar-refractivity contribution in [3.05, 3.63) is 71.9 Å². The number of para-hydroxylation sites is 2. The van der Waals surface area contributed by atoms with Crippen LogP contribution < -0.4 is 5.43 Å². The monoisotopic (exact) mass is 325 g/mol. The lowest BCUT2D eigenvalue weighted by atomic mass is 10.1. The van der Waals surface area contributed by atoms with Crippen molar-refractivity contribution in [2.24, 2.45) is 5.10 Å². The van der Waals surface area contributed by atoms with Crippen LogP contribution in [-0.2, 0) is 12.8 Å². The zero-order valence-electron chi connectivity index (χ0n) is 13.5. The summed E-state index contributed by atoms with van der Waals surface area (Å²) in [5.74, 6) is 0. The Labute approximate surface area is 145 Å². The highest BCUT2D eigenvalue weighted by Gasteiger charge is 2.04. The summed E-state index contributed by atoms with van der Waals surface area (Å²) in [4.78, 5) is 4.69. The molecule has 1 aromatic heterocycles. The van der Waals surface area contributed by atoms with Gasteiger partial charge in [-0.05, 0) is 36.6 Å². The van der Waals surface area contributed by atoms with Crippen molar-refractivity contribution in [1.82, 2.24) is 4.98 Å². The number of aromatic nitrogens is 1. The van der Waals surface area contributed by atoms with Crippen molar-refractivity contribution in [1.29, 1.82) is 10.5 Å². The number of hydrazone groups is 1. The van der Waals surface area contributed by atoms with Gasteiger partial charge in [0.15, 0.2) is 0 Å². The van der Waals surface area contributed by atoms with Crippen molar-refractivity contribution >= 4 is 22.3 Å². The lowest BCUT2D eigenvalue weighted by Crippen LogP contribution is -2.01. The molecule has 25 heavy (non-hydrogen) atoms. The average Bonchev–Trinajstić information content (AvgIpc) is 2.67. The van der Waals surface area contributed by atoms with Gasteiger partial charge in [-0.25, -0.2) is 0 Å². The summed E-state index contributed by atoms with van der Waals surface area (Å²) in [6, 6.07) is 23.3. The van der Waals surface area contributed by atoms with Gasteiger partial charge in [-0.3, -0.25) is 10.4 Å². The standard InChI is InChI=1S/C20H15N5/c21-13-18(14-22)24-25-20-8-4-2-6-16(20)10-12-17-11-9-15-5-1-3-7-19(15)23-17/h1-9,11,25H,10,12H2. The summed E-state index contributed by atoms with van der Waals surface area (Å²) in [5.41, 5.74) is 6.45. The Morgan fingerprint density at radius 1 is 0.920 bits per heavy atom. The first-order valence-electron chi connectivity index (χ1n) is 7.86. The van der Waals surface area contributed by atoms with E-state index in [1.807, 2.05) is 54.6 Å². The van der Waals surface area contributed by atoms with Crippen LogP contribution in [0.15, 0.2) is 65.8 Å². The van der Waals surface area contributed by atoms with E-state index in [1.54, 1.807) is 12.1 Å². The van der Waals surface area contributed by atoms with Crippen LogP contribution in [0.3, 0.4) is 0 Å². The largest absolute Gasteiger partial charge is 0.276 e. The maximum atomic E-state index is 8.76. The number of hydrogen-bond donors (Lipinski definition) is 1. The summed E-state index contributed by atoms with van der Waals surface area (Å²) >= 11 is 0. The smallest absolute Gasteiger partial charge is 0.237 e. The van der Waals surface area contributed by atoms with Gasteiger partial charge in [-0.15, -0.1) is 0 Å². The molecule has 0 aliphatic heterocycles. The lowest BCUT2D eigenvalue weighted by molar-refractivity contribution is 0.922. The van der Waals surface area contributed by atoms with Crippen molar-refractivity contribution in [2.45, 2.75) is 12.8 Å². The molecule has 0 fully saturated rings. The predicted molar refractivity (Wildman–Crippen MR) is 97.9 cm³/mol. The Morgan fingerprint density at radius 3 is 2.52 bits per heavy atom. The van der Waals surface area contributed by atoms with Crippen LogP contribution in [0, 0.1) is 22.7 Å². The molecule has 0 aliphatic rings. The summed E-state index contributed by atoms with van der Waals surface area (Å²) in [5, 5.41) is 22.5. The predicted octanol–water partition coefficient (Wildman–Crippen LogP) is 3.84. The molecule has 0 saturated carbocycles. The first kappa shape index (κ1) is 16.2.